The van der Waals surface area contributed by atoms with E-state index in [1.165, 1.54) is 16.2 Å². The lowest BCUT2D eigenvalue weighted by Crippen LogP contribution is -2.27. The zero-order chi connectivity index (χ0) is 20.8. The molecule has 0 saturated carbocycles. The summed E-state index contributed by atoms with van der Waals surface area (Å²) in [4.78, 5) is 22.1. The van der Waals surface area contributed by atoms with Crippen LogP contribution < -0.4 is 4.90 Å². The number of aromatic nitrogens is 1. The molecule has 2 aromatic heterocycles. The summed E-state index contributed by atoms with van der Waals surface area (Å²) in [6.07, 6.45) is 8.38. The molecule has 0 spiro atoms. The smallest absolute Gasteiger partial charge is 0.273 e. The third-order valence-corrected chi connectivity index (χ3v) is 5.03. The Bertz CT molecular complexity index is 1020. The van der Waals surface area contributed by atoms with Crippen LogP contribution in [0.1, 0.15) is 37.4 Å². The maximum atomic E-state index is 13.1. The van der Waals surface area contributed by atoms with Crippen molar-refractivity contribution in [2.24, 2.45) is 0 Å². The molecular formula is C22H26N4OS. The number of anilines is 1. The standard InChI is InChI=1S/C20H20N4OS.C2H6/c1-13-5-6-15(10-14(2)9-13)24(12-21)20(25)18-11-16-17(23(3)4)7-8-22-19(16)26-18;1-2/h5-8,10-12,21H,1-4H3;1-2H3. The van der Waals surface area contributed by atoms with Crippen molar-refractivity contribution in [3.8, 4) is 0 Å². The number of nitrogens with zero attached hydrogens (tertiary/aromatic N) is 3. The Morgan fingerprint density at radius 1 is 1.21 bits per heavy atom. The van der Waals surface area contributed by atoms with E-state index in [1.54, 1.807) is 6.20 Å². The second kappa shape index (κ2) is 9.31. The predicted octanol–water partition coefficient (Wildman–Crippen LogP) is 5.38. The van der Waals surface area contributed by atoms with E-state index in [2.05, 4.69) is 10.7 Å². The molecule has 1 amide bonds. The first kappa shape index (κ1) is 21.4. The monoisotopic (exact) mass is 394 g/mol. The molecule has 0 aliphatic heterocycles. The number of rotatable bonds is 4. The SMILES string of the molecule is CC.CC1=C=C(C)C=C(N(C=N)C(=O)c2cc3c(N(C)C)ccnc3s2)C=C1. The van der Waals surface area contributed by atoms with E-state index in [0.717, 1.165) is 33.4 Å². The number of pyridine rings is 1. The third-order valence-electron chi connectivity index (χ3n) is 3.99. The number of fused-ring (bicyclic) bond motifs is 1. The van der Waals surface area contributed by atoms with E-state index >= 15 is 0 Å². The van der Waals surface area contributed by atoms with Crippen molar-refractivity contribution in [1.82, 2.24) is 9.88 Å². The summed E-state index contributed by atoms with van der Waals surface area (Å²) in [5.74, 6) is -0.240. The topological polar surface area (TPSA) is 60.3 Å². The zero-order valence-electron chi connectivity index (χ0n) is 17.2. The van der Waals surface area contributed by atoms with Gasteiger partial charge in [0.1, 0.15) is 4.83 Å². The Labute approximate surface area is 170 Å². The van der Waals surface area contributed by atoms with Crippen molar-refractivity contribution >= 4 is 39.5 Å². The van der Waals surface area contributed by atoms with Gasteiger partial charge in [0, 0.05) is 31.4 Å². The van der Waals surface area contributed by atoms with Gasteiger partial charge < -0.3 is 4.90 Å². The van der Waals surface area contributed by atoms with Gasteiger partial charge in [-0.3, -0.25) is 15.1 Å². The highest BCUT2D eigenvalue weighted by Crippen LogP contribution is 2.32. The van der Waals surface area contributed by atoms with E-state index in [4.69, 9.17) is 5.41 Å². The normalized spacial score (nSPS) is 12.9. The number of amides is 1. The Morgan fingerprint density at radius 2 is 1.93 bits per heavy atom. The summed E-state index contributed by atoms with van der Waals surface area (Å²) in [7, 11) is 3.92. The summed E-state index contributed by atoms with van der Waals surface area (Å²) >= 11 is 1.34. The van der Waals surface area contributed by atoms with Gasteiger partial charge in [0.25, 0.3) is 5.91 Å². The molecule has 0 atom stereocenters. The molecule has 146 valence electrons. The van der Waals surface area contributed by atoms with Crippen LogP contribution in [0.25, 0.3) is 10.2 Å². The number of carbonyl (C=O) groups excluding carboxylic acids is 1. The van der Waals surface area contributed by atoms with Gasteiger partial charge in [0.05, 0.1) is 16.9 Å². The van der Waals surface area contributed by atoms with Crippen LogP contribution in [0.2, 0.25) is 0 Å². The fourth-order valence-corrected chi connectivity index (χ4v) is 3.77. The number of nitrogens with one attached hydrogen (secondary N) is 1. The Hall–Kier alpha value is -2.95. The molecule has 0 saturated heterocycles. The lowest BCUT2D eigenvalue weighted by Gasteiger charge is -2.17. The first-order valence-electron chi connectivity index (χ1n) is 9.14. The van der Waals surface area contributed by atoms with Crippen molar-refractivity contribution in [2.45, 2.75) is 27.7 Å². The molecule has 1 aliphatic carbocycles. The highest BCUT2D eigenvalue weighted by atomic mass is 32.1. The molecule has 5 nitrogen and oxygen atoms in total. The molecule has 1 N–H and O–H groups in total. The van der Waals surface area contributed by atoms with Gasteiger partial charge in [-0.2, -0.15) is 0 Å². The van der Waals surface area contributed by atoms with Gasteiger partial charge >= 0.3 is 0 Å². The molecule has 0 fully saturated rings. The highest BCUT2D eigenvalue weighted by Gasteiger charge is 2.21. The molecule has 3 rings (SSSR count). The Kier molecular flexibility index (Phi) is 7.10. The maximum absolute atomic E-state index is 13.1. The van der Waals surface area contributed by atoms with Crippen LogP contribution in [0.15, 0.2) is 59.1 Å². The number of thiophene rings is 1. The number of hydrogen-bond donors (Lipinski definition) is 1. The van der Waals surface area contributed by atoms with E-state index in [1.807, 2.05) is 77.1 Å². The molecule has 1 aliphatic rings. The minimum Gasteiger partial charge on any atom is -0.377 e. The molecule has 28 heavy (non-hydrogen) atoms. The van der Waals surface area contributed by atoms with Crippen LogP contribution in [0.3, 0.4) is 0 Å². The molecule has 0 bridgehead atoms. The highest BCUT2D eigenvalue weighted by molar-refractivity contribution is 7.20. The Balaban J connectivity index is 0.00000136. The van der Waals surface area contributed by atoms with Crippen LogP contribution in [-0.4, -0.2) is 36.2 Å². The number of hydrogen-bond acceptors (Lipinski definition) is 5. The fourth-order valence-electron chi connectivity index (χ4n) is 2.81. The van der Waals surface area contributed by atoms with Gasteiger partial charge in [0.15, 0.2) is 0 Å². The number of carbonyl (C=O) groups is 1. The van der Waals surface area contributed by atoms with Gasteiger partial charge in [-0.05, 0) is 55.4 Å². The molecule has 2 aromatic rings. The second-order valence-corrected chi connectivity index (χ2v) is 7.28. The van der Waals surface area contributed by atoms with Crippen molar-refractivity contribution < 1.29 is 4.79 Å². The van der Waals surface area contributed by atoms with Crippen LogP contribution in [0.5, 0.6) is 0 Å². The summed E-state index contributed by atoms with van der Waals surface area (Å²) < 4.78 is 0. The molecule has 0 radical (unpaired) electrons. The summed E-state index contributed by atoms with van der Waals surface area (Å²) in [5.41, 5.74) is 6.76. The average molecular weight is 395 g/mol. The van der Waals surface area contributed by atoms with Gasteiger partial charge in [-0.25, -0.2) is 4.98 Å². The lowest BCUT2D eigenvalue weighted by molar-refractivity contribution is 0.0888. The van der Waals surface area contributed by atoms with Crippen LogP contribution in [-0.2, 0) is 0 Å². The summed E-state index contributed by atoms with van der Waals surface area (Å²) in [5, 5.41) is 8.70. The maximum Gasteiger partial charge on any atom is 0.273 e. The quantitative estimate of drug-likeness (QED) is 0.430. The minimum absolute atomic E-state index is 0.240. The van der Waals surface area contributed by atoms with Crippen molar-refractivity contribution in [3.05, 3.63) is 64.0 Å². The van der Waals surface area contributed by atoms with Crippen LogP contribution >= 0.6 is 11.3 Å². The van der Waals surface area contributed by atoms with Crippen LogP contribution in [0, 0.1) is 5.41 Å². The fraction of sp³-hybridized carbons (Fsp3) is 0.273. The van der Waals surface area contributed by atoms with E-state index < -0.39 is 0 Å². The molecule has 0 aromatic carbocycles. The van der Waals surface area contributed by atoms with Crippen molar-refractivity contribution in [2.75, 3.05) is 19.0 Å². The van der Waals surface area contributed by atoms with Crippen molar-refractivity contribution in [1.29, 1.82) is 5.41 Å². The first-order valence-corrected chi connectivity index (χ1v) is 9.96. The zero-order valence-corrected chi connectivity index (χ0v) is 18.0. The third kappa shape index (κ3) is 4.47. The summed E-state index contributed by atoms with van der Waals surface area (Å²) in [6, 6.07) is 3.78. The first-order chi connectivity index (χ1) is 13.4. The predicted molar refractivity (Wildman–Crippen MR) is 119 cm³/mol. The number of allylic oxidation sites excluding steroid dienone is 4. The molecule has 0 unspecified atom stereocenters. The van der Waals surface area contributed by atoms with Crippen LogP contribution in [0.4, 0.5) is 5.69 Å². The van der Waals surface area contributed by atoms with E-state index in [-0.39, 0.29) is 5.91 Å². The van der Waals surface area contributed by atoms with E-state index in [0.29, 0.717) is 10.6 Å². The molecule has 6 heteroatoms. The largest absolute Gasteiger partial charge is 0.377 e. The molecular weight excluding hydrogens is 368 g/mol. The van der Waals surface area contributed by atoms with Gasteiger partial charge in [-0.1, -0.05) is 13.8 Å². The van der Waals surface area contributed by atoms with Gasteiger partial charge in [0.2, 0.25) is 0 Å². The average Bonchev–Trinajstić information content (AvgIpc) is 3.04. The molecule has 2 heterocycles. The van der Waals surface area contributed by atoms with E-state index in [9.17, 15) is 4.79 Å². The lowest BCUT2D eigenvalue weighted by atomic mass is 10.2. The summed E-state index contributed by atoms with van der Waals surface area (Å²) in [6.45, 7) is 7.88. The van der Waals surface area contributed by atoms with Crippen molar-refractivity contribution in [3.63, 3.8) is 0 Å². The minimum atomic E-state index is -0.240. The van der Waals surface area contributed by atoms with Gasteiger partial charge in [-0.15, -0.1) is 17.1 Å². The second-order valence-electron chi connectivity index (χ2n) is 6.25. The Morgan fingerprint density at radius 3 is 2.57 bits per heavy atom.